The van der Waals surface area contributed by atoms with Gasteiger partial charge in [-0.05, 0) is 31.5 Å². The van der Waals surface area contributed by atoms with Gasteiger partial charge in [0.05, 0.1) is 0 Å². The van der Waals surface area contributed by atoms with Crippen LogP contribution in [0.4, 0.5) is 0 Å². The molecule has 0 aromatic heterocycles. The van der Waals surface area contributed by atoms with Crippen LogP contribution >= 0.6 is 0 Å². The Morgan fingerprint density at radius 2 is 2.06 bits per heavy atom. The molecule has 4 heteroatoms. The van der Waals surface area contributed by atoms with Crippen molar-refractivity contribution in [3.63, 3.8) is 0 Å². The van der Waals surface area contributed by atoms with Crippen molar-refractivity contribution in [1.82, 2.24) is 5.32 Å². The van der Waals surface area contributed by atoms with Gasteiger partial charge in [0.15, 0.2) is 11.5 Å². The fraction of sp³-hybridized carbons (Fsp3) is 0.500. The van der Waals surface area contributed by atoms with E-state index in [9.17, 15) is 0 Å². The van der Waals surface area contributed by atoms with Crippen LogP contribution in [0.25, 0.3) is 0 Å². The molecule has 3 N–H and O–H groups in total. The van der Waals surface area contributed by atoms with Crippen LogP contribution in [0.3, 0.4) is 0 Å². The van der Waals surface area contributed by atoms with Crippen molar-refractivity contribution >= 4 is 0 Å². The lowest BCUT2D eigenvalue weighted by molar-refractivity contribution is 0.174. The quantitative estimate of drug-likeness (QED) is 0.805. The molecular formula is C12H18N2O2. The van der Waals surface area contributed by atoms with Gasteiger partial charge in [-0.25, -0.2) is 0 Å². The molecule has 0 saturated carbocycles. The van der Waals surface area contributed by atoms with Crippen LogP contribution in [0.1, 0.15) is 19.4 Å². The van der Waals surface area contributed by atoms with Crippen molar-refractivity contribution in [2.45, 2.75) is 25.9 Å². The van der Waals surface area contributed by atoms with E-state index in [1.165, 1.54) is 5.56 Å². The first-order valence-corrected chi connectivity index (χ1v) is 5.44. The fourth-order valence-electron chi connectivity index (χ4n) is 1.46. The number of rotatable bonds is 4. The molecule has 1 aromatic carbocycles. The minimum Gasteiger partial charge on any atom is -0.454 e. The van der Waals surface area contributed by atoms with E-state index in [4.69, 9.17) is 15.2 Å². The molecule has 4 nitrogen and oxygen atoms in total. The van der Waals surface area contributed by atoms with E-state index in [-0.39, 0.29) is 5.54 Å². The monoisotopic (exact) mass is 222 g/mol. The van der Waals surface area contributed by atoms with E-state index in [0.717, 1.165) is 18.0 Å². The maximum absolute atomic E-state index is 5.65. The number of hydrogen-bond donors (Lipinski definition) is 2. The predicted molar refractivity (Wildman–Crippen MR) is 62.5 cm³/mol. The molecule has 1 aliphatic rings. The summed E-state index contributed by atoms with van der Waals surface area (Å²) in [6.45, 7) is 5.87. The van der Waals surface area contributed by atoms with Gasteiger partial charge in [-0.15, -0.1) is 0 Å². The third-order valence-electron chi connectivity index (χ3n) is 2.72. The summed E-state index contributed by atoms with van der Waals surface area (Å²) >= 11 is 0. The number of benzene rings is 1. The lowest BCUT2D eigenvalue weighted by atomic mass is 10.1. The summed E-state index contributed by atoms with van der Waals surface area (Å²) in [6.07, 6.45) is 0. The van der Waals surface area contributed by atoms with Crippen LogP contribution in [-0.2, 0) is 6.54 Å². The maximum atomic E-state index is 5.65. The normalized spacial score (nSPS) is 14.2. The first-order chi connectivity index (χ1) is 7.61. The largest absolute Gasteiger partial charge is 0.454 e. The predicted octanol–water partition coefficient (Wildman–Crippen LogP) is 1.24. The van der Waals surface area contributed by atoms with Crippen LogP contribution in [0, 0.1) is 0 Å². The van der Waals surface area contributed by atoms with Gasteiger partial charge in [0.1, 0.15) is 0 Å². The highest BCUT2D eigenvalue weighted by Gasteiger charge is 2.16. The van der Waals surface area contributed by atoms with E-state index >= 15 is 0 Å². The number of ether oxygens (including phenoxy) is 2. The van der Waals surface area contributed by atoms with Gasteiger partial charge in [-0.1, -0.05) is 6.07 Å². The molecule has 0 spiro atoms. The SMILES string of the molecule is CC(C)(CN)NCc1ccc2c(c1)OCO2. The molecule has 0 saturated heterocycles. The van der Waals surface area contributed by atoms with Crippen LogP contribution in [-0.4, -0.2) is 18.9 Å². The zero-order valence-electron chi connectivity index (χ0n) is 9.75. The van der Waals surface area contributed by atoms with Gasteiger partial charge in [-0.2, -0.15) is 0 Å². The van der Waals surface area contributed by atoms with E-state index in [1.807, 2.05) is 18.2 Å². The fourth-order valence-corrected chi connectivity index (χ4v) is 1.46. The first kappa shape index (κ1) is 11.2. The van der Waals surface area contributed by atoms with Crippen molar-refractivity contribution < 1.29 is 9.47 Å². The molecule has 1 aliphatic heterocycles. The van der Waals surface area contributed by atoms with Gasteiger partial charge >= 0.3 is 0 Å². The van der Waals surface area contributed by atoms with Gasteiger partial charge in [0.25, 0.3) is 0 Å². The topological polar surface area (TPSA) is 56.5 Å². The smallest absolute Gasteiger partial charge is 0.231 e. The van der Waals surface area contributed by atoms with E-state index in [2.05, 4.69) is 19.2 Å². The van der Waals surface area contributed by atoms with Crippen molar-refractivity contribution in [3.8, 4) is 11.5 Å². The maximum Gasteiger partial charge on any atom is 0.231 e. The summed E-state index contributed by atoms with van der Waals surface area (Å²) in [5, 5.41) is 3.39. The summed E-state index contributed by atoms with van der Waals surface area (Å²) in [5.74, 6) is 1.65. The Hall–Kier alpha value is -1.26. The zero-order valence-corrected chi connectivity index (χ0v) is 9.75. The summed E-state index contributed by atoms with van der Waals surface area (Å²) < 4.78 is 10.6. The molecule has 88 valence electrons. The van der Waals surface area contributed by atoms with Gasteiger partial charge in [0, 0.05) is 18.6 Å². The molecule has 0 radical (unpaired) electrons. The van der Waals surface area contributed by atoms with Gasteiger partial charge in [0.2, 0.25) is 6.79 Å². The van der Waals surface area contributed by atoms with Crippen molar-refractivity contribution in [1.29, 1.82) is 0 Å². The molecule has 0 bridgehead atoms. The highest BCUT2D eigenvalue weighted by molar-refractivity contribution is 5.44. The van der Waals surface area contributed by atoms with Crippen molar-refractivity contribution in [2.24, 2.45) is 5.73 Å². The van der Waals surface area contributed by atoms with E-state index in [0.29, 0.717) is 13.3 Å². The molecular weight excluding hydrogens is 204 g/mol. The molecule has 1 aromatic rings. The minimum absolute atomic E-state index is 0.0453. The molecule has 0 amide bonds. The Morgan fingerprint density at radius 3 is 2.81 bits per heavy atom. The second-order valence-electron chi connectivity index (χ2n) is 4.63. The average Bonchev–Trinajstić information content (AvgIpc) is 2.73. The van der Waals surface area contributed by atoms with Crippen LogP contribution < -0.4 is 20.5 Å². The second-order valence-corrected chi connectivity index (χ2v) is 4.63. The van der Waals surface area contributed by atoms with Crippen molar-refractivity contribution in [3.05, 3.63) is 23.8 Å². The highest BCUT2D eigenvalue weighted by atomic mass is 16.7. The minimum atomic E-state index is -0.0453. The molecule has 0 aliphatic carbocycles. The number of nitrogens with two attached hydrogens (primary N) is 1. The Morgan fingerprint density at radius 1 is 1.31 bits per heavy atom. The summed E-state index contributed by atoms with van der Waals surface area (Å²) in [5.41, 5.74) is 6.78. The van der Waals surface area contributed by atoms with Crippen LogP contribution in [0.2, 0.25) is 0 Å². The Balaban J connectivity index is 2.00. The Labute approximate surface area is 95.7 Å². The standard InChI is InChI=1S/C12H18N2O2/c1-12(2,7-13)14-6-9-3-4-10-11(5-9)16-8-15-10/h3-5,14H,6-8,13H2,1-2H3. The van der Waals surface area contributed by atoms with Gasteiger partial charge < -0.3 is 20.5 Å². The zero-order chi connectivity index (χ0) is 11.6. The molecule has 2 rings (SSSR count). The Bertz CT molecular complexity index is 377. The lowest BCUT2D eigenvalue weighted by Gasteiger charge is -2.24. The van der Waals surface area contributed by atoms with E-state index in [1.54, 1.807) is 0 Å². The third-order valence-corrected chi connectivity index (χ3v) is 2.72. The Kier molecular flexibility index (Phi) is 3.03. The number of fused-ring (bicyclic) bond motifs is 1. The molecule has 0 unspecified atom stereocenters. The average molecular weight is 222 g/mol. The molecule has 0 fully saturated rings. The summed E-state index contributed by atoms with van der Waals surface area (Å²) in [4.78, 5) is 0. The highest BCUT2D eigenvalue weighted by Crippen LogP contribution is 2.32. The van der Waals surface area contributed by atoms with Crippen molar-refractivity contribution in [2.75, 3.05) is 13.3 Å². The lowest BCUT2D eigenvalue weighted by Crippen LogP contribution is -2.45. The molecule has 1 heterocycles. The summed E-state index contributed by atoms with van der Waals surface area (Å²) in [7, 11) is 0. The second kappa shape index (κ2) is 4.31. The van der Waals surface area contributed by atoms with Crippen LogP contribution in [0.15, 0.2) is 18.2 Å². The first-order valence-electron chi connectivity index (χ1n) is 5.44. The van der Waals surface area contributed by atoms with Crippen LogP contribution in [0.5, 0.6) is 11.5 Å². The number of nitrogens with one attached hydrogen (secondary N) is 1. The summed E-state index contributed by atoms with van der Waals surface area (Å²) in [6, 6.07) is 5.98. The number of hydrogen-bond acceptors (Lipinski definition) is 4. The molecule has 16 heavy (non-hydrogen) atoms. The molecule has 0 atom stereocenters. The van der Waals surface area contributed by atoms with Gasteiger partial charge in [-0.3, -0.25) is 0 Å². The third kappa shape index (κ3) is 2.46. The van der Waals surface area contributed by atoms with E-state index < -0.39 is 0 Å².